The fourth-order valence-corrected chi connectivity index (χ4v) is 2.90. The van der Waals surface area contributed by atoms with Crippen molar-refractivity contribution in [2.45, 2.75) is 33.9 Å². The molecular formula is C19H26IN7O. The molecule has 0 aliphatic rings. The largest absolute Gasteiger partial charge is 0.496 e. The van der Waals surface area contributed by atoms with Gasteiger partial charge in [-0.1, -0.05) is 6.07 Å². The highest BCUT2D eigenvalue weighted by atomic mass is 127. The van der Waals surface area contributed by atoms with Crippen molar-refractivity contribution >= 4 is 35.6 Å². The molecule has 9 heteroatoms. The third-order valence-corrected chi connectivity index (χ3v) is 4.28. The Kier molecular flexibility index (Phi) is 7.97. The van der Waals surface area contributed by atoms with Gasteiger partial charge < -0.3 is 15.4 Å². The molecule has 0 atom stereocenters. The number of fused-ring (bicyclic) bond motifs is 1. The second-order valence-electron chi connectivity index (χ2n) is 6.14. The summed E-state index contributed by atoms with van der Waals surface area (Å²) in [7, 11) is 1.68. The van der Waals surface area contributed by atoms with E-state index in [9.17, 15) is 0 Å². The van der Waals surface area contributed by atoms with E-state index in [4.69, 9.17) is 4.74 Å². The van der Waals surface area contributed by atoms with Gasteiger partial charge in [0.25, 0.3) is 0 Å². The molecule has 8 nitrogen and oxygen atoms in total. The molecule has 0 aliphatic heterocycles. The summed E-state index contributed by atoms with van der Waals surface area (Å²) in [5.41, 5.74) is 3.75. The predicted molar refractivity (Wildman–Crippen MR) is 120 cm³/mol. The van der Waals surface area contributed by atoms with E-state index < -0.39 is 0 Å². The lowest BCUT2D eigenvalue weighted by molar-refractivity contribution is 0.407. The molecule has 0 saturated carbocycles. The summed E-state index contributed by atoms with van der Waals surface area (Å²) in [5, 5.41) is 14.9. The topological polar surface area (TPSA) is 88.7 Å². The van der Waals surface area contributed by atoms with Crippen LogP contribution in [0.4, 0.5) is 0 Å². The average molecular weight is 495 g/mol. The molecule has 150 valence electrons. The van der Waals surface area contributed by atoms with Gasteiger partial charge in [0.05, 0.1) is 25.9 Å². The molecule has 0 saturated heterocycles. The second-order valence-corrected chi connectivity index (χ2v) is 6.14. The molecule has 0 radical (unpaired) electrons. The number of nitrogens with one attached hydrogen (secondary N) is 2. The van der Waals surface area contributed by atoms with Crippen LogP contribution in [-0.4, -0.2) is 39.2 Å². The van der Waals surface area contributed by atoms with E-state index in [0.29, 0.717) is 19.0 Å². The summed E-state index contributed by atoms with van der Waals surface area (Å²) in [4.78, 5) is 9.15. The summed E-state index contributed by atoms with van der Waals surface area (Å²) in [6, 6.07) is 5.82. The molecule has 0 fully saturated rings. The Morgan fingerprint density at radius 3 is 2.79 bits per heavy atom. The average Bonchev–Trinajstić information content (AvgIpc) is 3.09. The third-order valence-electron chi connectivity index (χ3n) is 4.28. The number of guanidine groups is 1. The standard InChI is InChI=1S/C19H25N7O.HI/c1-5-20-19(22-11-15-14(3)18(27-4)13(2)10-21-15)23-12-17-25-24-16-8-6-7-9-26(16)17;/h6-10H,5,11-12H2,1-4H3,(H2,20,22,23);1H. The normalized spacial score (nSPS) is 11.2. The lowest BCUT2D eigenvalue weighted by Gasteiger charge is -2.13. The zero-order valence-electron chi connectivity index (χ0n) is 16.6. The number of aryl methyl sites for hydroxylation is 1. The van der Waals surface area contributed by atoms with Gasteiger partial charge in [0.15, 0.2) is 17.4 Å². The minimum absolute atomic E-state index is 0. The van der Waals surface area contributed by atoms with Crippen LogP contribution in [0.15, 0.2) is 35.6 Å². The summed E-state index contributed by atoms with van der Waals surface area (Å²) < 4.78 is 7.42. The van der Waals surface area contributed by atoms with Gasteiger partial charge in [-0.2, -0.15) is 0 Å². The van der Waals surface area contributed by atoms with Crippen LogP contribution in [0.2, 0.25) is 0 Å². The molecule has 0 amide bonds. The maximum absolute atomic E-state index is 5.47. The molecular weight excluding hydrogens is 469 g/mol. The molecule has 0 aliphatic carbocycles. The van der Waals surface area contributed by atoms with Crippen LogP contribution < -0.4 is 15.4 Å². The Balaban J connectivity index is 0.00000280. The number of hydrogen-bond acceptors (Lipinski definition) is 5. The Hall–Kier alpha value is -2.43. The van der Waals surface area contributed by atoms with Crippen molar-refractivity contribution in [3.05, 3.63) is 53.2 Å². The van der Waals surface area contributed by atoms with Crippen molar-refractivity contribution < 1.29 is 4.74 Å². The summed E-state index contributed by atoms with van der Waals surface area (Å²) >= 11 is 0. The number of methoxy groups -OCH3 is 1. The molecule has 0 unspecified atom stereocenters. The van der Waals surface area contributed by atoms with Gasteiger partial charge in [-0.3, -0.25) is 9.38 Å². The highest BCUT2D eigenvalue weighted by Gasteiger charge is 2.10. The Morgan fingerprint density at radius 2 is 2.04 bits per heavy atom. The van der Waals surface area contributed by atoms with Gasteiger partial charge in [0.1, 0.15) is 5.75 Å². The van der Waals surface area contributed by atoms with Gasteiger partial charge >= 0.3 is 0 Å². The van der Waals surface area contributed by atoms with E-state index in [-0.39, 0.29) is 24.0 Å². The van der Waals surface area contributed by atoms with Crippen molar-refractivity contribution in [1.82, 2.24) is 30.2 Å². The number of rotatable bonds is 6. The fourth-order valence-electron chi connectivity index (χ4n) is 2.90. The zero-order chi connectivity index (χ0) is 19.2. The fraction of sp³-hybridized carbons (Fsp3) is 0.368. The van der Waals surface area contributed by atoms with Gasteiger partial charge in [-0.15, -0.1) is 34.2 Å². The van der Waals surface area contributed by atoms with Crippen LogP contribution in [0.25, 0.3) is 5.65 Å². The van der Waals surface area contributed by atoms with Crippen LogP contribution >= 0.6 is 24.0 Å². The number of aromatic nitrogens is 4. The van der Waals surface area contributed by atoms with E-state index in [0.717, 1.165) is 40.6 Å². The van der Waals surface area contributed by atoms with E-state index >= 15 is 0 Å². The molecule has 0 aromatic carbocycles. The van der Waals surface area contributed by atoms with Crippen LogP contribution in [0.1, 0.15) is 29.6 Å². The lowest BCUT2D eigenvalue weighted by atomic mass is 10.1. The molecule has 2 N–H and O–H groups in total. The Bertz CT molecular complexity index is 955. The maximum Gasteiger partial charge on any atom is 0.192 e. The Labute approximate surface area is 181 Å². The second kappa shape index (κ2) is 10.2. The minimum Gasteiger partial charge on any atom is -0.496 e. The number of ether oxygens (including phenoxy) is 1. The monoisotopic (exact) mass is 495 g/mol. The Morgan fingerprint density at radius 1 is 1.21 bits per heavy atom. The molecule has 3 aromatic heterocycles. The van der Waals surface area contributed by atoms with Crippen LogP contribution in [0, 0.1) is 13.8 Å². The van der Waals surface area contributed by atoms with Crippen molar-refractivity contribution in [1.29, 1.82) is 0 Å². The minimum atomic E-state index is 0. The third kappa shape index (κ3) is 4.89. The zero-order valence-corrected chi connectivity index (χ0v) is 18.9. The first kappa shape index (κ1) is 21.9. The van der Waals surface area contributed by atoms with Gasteiger partial charge in [0, 0.05) is 30.1 Å². The smallest absolute Gasteiger partial charge is 0.192 e. The lowest BCUT2D eigenvalue weighted by Crippen LogP contribution is -2.37. The maximum atomic E-state index is 5.47. The van der Waals surface area contributed by atoms with Gasteiger partial charge in [-0.25, -0.2) is 4.99 Å². The summed E-state index contributed by atoms with van der Waals surface area (Å²) in [6.07, 6.45) is 3.77. The van der Waals surface area contributed by atoms with Gasteiger partial charge in [-0.05, 0) is 32.9 Å². The van der Waals surface area contributed by atoms with Crippen molar-refractivity contribution in [2.75, 3.05) is 13.7 Å². The van der Waals surface area contributed by atoms with E-state index in [1.165, 1.54) is 0 Å². The number of pyridine rings is 2. The van der Waals surface area contributed by atoms with Crippen LogP contribution in [0.3, 0.4) is 0 Å². The SMILES string of the molecule is CCNC(=NCc1ncc(C)c(OC)c1C)NCc1nnc2ccccn12.I. The first-order chi connectivity index (χ1) is 13.1. The molecule has 3 aromatic rings. The first-order valence-electron chi connectivity index (χ1n) is 8.94. The molecule has 3 heterocycles. The quantitative estimate of drug-likeness (QED) is 0.311. The number of hydrogen-bond donors (Lipinski definition) is 2. The molecule has 3 rings (SSSR count). The summed E-state index contributed by atoms with van der Waals surface area (Å²) in [5.74, 6) is 2.39. The van der Waals surface area contributed by atoms with Crippen molar-refractivity contribution in [3.63, 3.8) is 0 Å². The van der Waals surface area contributed by atoms with E-state index in [2.05, 4.69) is 30.8 Å². The number of aliphatic imine (C=N–C) groups is 1. The number of nitrogens with zero attached hydrogens (tertiary/aromatic N) is 5. The molecule has 0 bridgehead atoms. The van der Waals surface area contributed by atoms with E-state index in [1.54, 1.807) is 7.11 Å². The predicted octanol–water partition coefficient (Wildman–Crippen LogP) is 2.62. The van der Waals surface area contributed by atoms with Crippen LogP contribution in [-0.2, 0) is 13.1 Å². The molecule has 28 heavy (non-hydrogen) atoms. The number of halogens is 1. The van der Waals surface area contributed by atoms with Gasteiger partial charge in [0.2, 0.25) is 0 Å². The highest BCUT2D eigenvalue weighted by Crippen LogP contribution is 2.24. The van der Waals surface area contributed by atoms with E-state index in [1.807, 2.05) is 55.8 Å². The molecule has 0 spiro atoms. The first-order valence-corrected chi connectivity index (χ1v) is 8.94. The highest BCUT2D eigenvalue weighted by molar-refractivity contribution is 14.0. The van der Waals surface area contributed by atoms with Crippen LogP contribution in [0.5, 0.6) is 5.75 Å². The van der Waals surface area contributed by atoms with Crippen molar-refractivity contribution in [3.8, 4) is 5.75 Å². The van der Waals surface area contributed by atoms with Crippen molar-refractivity contribution in [2.24, 2.45) is 4.99 Å². The summed E-state index contributed by atoms with van der Waals surface area (Å²) in [6.45, 7) is 7.75.